The first-order chi connectivity index (χ1) is 15.6. The summed E-state index contributed by atoms with van der Waals surface area (Å²) in [5, 5.41) is 4.56. The monoisotopic (exact) mass is 446 g/mol. The predicted octanol–water partition coefficient (Wildman–Crippen LogP) is 4.83. The zero-order valence-corrected chi connectivity index (χ0v) is 18.6. The lowest BCUT2D eigenvalue weighted by atomic mass is 9.93. The van der Waals surface area contributed by atoms with Crippen molar-refractivity contribution in [1.29, 1.82) is 0 Å². The number of aromatic nitrogens is 1. The van der Waals surface area contributed by atoms with Gasteiger partial charge in [-0.1, -0.05) is 43.5 Å². The molecule has 1 aliphatic heterocycles. The van der Waals surface area contributed by atoms with Crippen molar-refractivity contribution in [3.8, 4) is 0 Å². The van der Waals surface area contributed by atoms with Crippen molar-refractivity contribution < 1.29 is 9.59 Å². The molecule has 1 saturated heterocycles. The number of benzene rings is 2. The maximum absolute atomic E-state index is 13.5. The molecule has 2 fully saturated rings. The van der Waals surface area contributed by atoms with Crippen molar-refractivity contribution in [2.75, 3.05) is 10.2 Å². The van der Waals surface area contributed by atoms with Crippen LogP contribution in [0.15, 0.2) is 60.8 Å². The van der Waals surface area contributed by atoms with Gasteiger partial charge in [0, 0.05) is 23.4 Å². The number of amides is 2. The molecule has 0 spiro atoms. The molecule has 1 aliphatic carbocycles. The summed E-state index contributed by atoms with van der Waals surface area (Å²) < 4.78 is 0. The maximum atomic E-state index is 13.5. The van der Waals surface area contributed by atoms with Gasteiger partial charge in [-0.15, -0.1) is 0 Å². The van der Waals surface area contributed by atoms with Gasteiger partial charge in [-0.25, -0.2) is 0 Å². The summed E-state index contributed by atoms with van der Waals surface area (Å²) in [5.74, 6) is -0.311. The molecule has 6 nitrogen and oxygen atoms in total. The highest BCUT2D eigenvalue weighted by atomic mass is 32.1. The van der Waals surface area contributed by atoms with Crippen molar-refractivity contribution in [2.45, 2.75) is 50.6 Å². The summed E-state index contributed by atoms with van der Waals surface area (Å²) in [7, 11) is 0. The number of nitrogens with one attached hydrogen (secondary N) is 2. The van der Waals surface area contributed by atoms with E-state index in [9.17, 15) is 9.59 Å². The van der Waals surface area contributed by atoms with E-state index in [0.29, 0.717) is 10.8 Å². The molecule has 2 aromatic carbocycles. The van der Waals surface area contributed by atoms with Gasteiger partial charge in [-0.3, -0.25) is 14.5 Å². The fraction of sp³-hybridized carbons (Fsp3) is 0.320. The molecular weight excluding hydrogens is 420 g/mol. The Morgan fingerprint density at radius 2 is 1.84 bits per heavy atom. The Morgan fingerprint density at radius 3 is 2.62 bits per heavy atom. The van der Waals surface area contributed by atoms with Crippen molar-refractivity contribution in [3.05, 3.63) is 60.8 Å². The average molecular weight is 447 g/mol. The van der Waals surface area contributed by atoms with Crippen LogP contribution in [0.4, 0.5) is 11.4 Å². The van der Waals surface area contributed by atoms with Gasteiger partial charge in [-0.05, 0) is 60.8 Å². The second-order valence-corrected chi connectivity index (χ2v) is 8.90. The summed E-state index contributed by atoms with van der Waals surface area (Å²) in [6.45, 7) is 0. The summed E-state index contributed by atoms with van der Waals surface area (Å²) in [6.07, 6.45) is 7.39. The minimum Gasteiger partial charge on any atom is -0.361 e. The van der Waals surface area contributed by atoms with E-state index in [1.54, 1.807) is 4.90 Å². The third-order valence-corrected chi connectivity index (χ3v) is 6.85. The van der Waals surface area contributed by atoms with Gasteiger partial charge < -0.3 is 15.2 Å². The molecule has 1 atom stereocenters. The number of hydrogen-bond acceptors (Lipinski definition) is 3. The molecule has 0 radical (unpaired) electrons. The van der Waals surface area contributed by atoms with Crippen molar-refractivity contribution in [3.63, 3.8) is 0 Å². The molecule has 2 amide bonds. The van der Waals surface area contributed by atoms with E-state index in [1.165, 1.54) is 6.42 Å². The number of anilines is 2. The number of rotatable bonds is 5. The molecule has 164 valence electrons. The standard InChI is InChI=1S/C25H26N4O2S/c30-23(27-18-12-11-17-13-14-26-21(17)15-18)16-22-24(31)29(20-9-5-2-6-10-20)25(32)28(22)19-7-3-1-4-8-19/h2,5-6,9-15,19,22,26H,1,3-4,7-8,16H2,(H,27,30). The number of aromatic amines is 1. The number of hydrogen-bond donors (Lipinski definition) is 2. The highest BCUT2D eigenvalue weighted by Gasteiger charge is 2.47. The van der Waals surface area contributed by atoms with Crippen LogP contribution in [0.1, 0.15) is 38.5 Å². The molecule has 5 rings (SSSR count). The molecule has 32 heavy (non-hydrogen) atoms. The lowest BCUT2D eigenvalue weighted by Gasteiger charge is -2.35. The van der Waals surface area contributed by atoms with Crippen LogP contribution < -0.4 is 10.2 Å². The van der Waals surface area contributed by atoms with Crippen LogP contribution in [-0.2, 0) is 9.59 Å². The summed E-state index contributed by atoms with van der Waals surface area (Å²) in [5.41, 5.74) is 2.42. The van der Waals surface area contributed by atoms with E-state index in [1.807, 2.05) is 65.7 Å². The van der Waals surface area contributed by atoms with Gasteiger partial charge in [0.1, 0.15) is 6.04 Å². The van der Waals surface area contributed by atoms with Gasteiger partial charge >= 0.3 is 0 Å². The number of nitrogens with zero attached hydrogens (tertiary/aromatic N) is 2. The van der Waals surface area contributed by atoms with E-state index >= 15 is 0 Å². The predicted molar refractivity (Wildman–Crippen MR) is 131 cm³/mol. The molecule has 7 heteroatoms. The molecule has 0 bridgehead atoms. The lowest BCUT2D eigenvalue weighted by Crippen LogP contribution is -2.45. The third kappa shape index (κ3) is 3.88. The average Bonchev–Trinajstić information content (AvgIpc) is 3.37. The summed E-state index contributed by atoms with van der Waals surface area (Å²) >= 11 is 5.80. The van der Waals surface area contributed by atoms with E-state index in [2.05, 4.69) is 10.3 Å². The van der Waals surface area contributed by atoms with Crippen LogP contribution in [-0.4, -0.2) is 38.9 Å². The van der Waals surface area contributed by atoms with E-state index in [4.69, 9.17) is 12.2 Å². The smallest absolute Gasteiger partial charge is 0.256 e. The molecular formula is C25H26N4O2S. The Kier molecular flexibility index (Phi) is 5.66. The number of carbonyl (C=O) groups is 2. The van der Waals surface area contributed by atoms with Crippen molar-refractivity contribution >= 4 is 51.4 Å². The molecule has 1 unspecified atom stereocenters. The Balaban J connectivity index is 1.39. The Morgan fingerprint density at radius 1 is 1.06 bits per heavy atom. The Labute approximate surface area is 192 Å². The molecule has 2 heterocycles. The molecule has 2 aliphatic rings. The number of fused-ring (bicyclic) bond motifs is 1. The maximum Gasteiger partial charge on any atom is 0.256 e. The third-order valence-electron chi connectivity index (χ3n) is 6.45. The van der Waals surface area contributed by atoms with Crippen LogP contribution in [0, 0.1) is 0 Å². The van der Waals surface area contributed by atoms with Crippen LogP contribution in [0.5, 0.6) is 0 Å². The van der Waals surface area contributed by atoms with Gasteiger partial charge in [0.05, 0.1) is 12.1 Å². The molecule has 3 aromatic rings. The Hall–Kier alpha value is -3.19. The zero-order valence-electron chi connectivity index (χ0n) is 17.8. The van der Waals surface area contributed by atoms with Crippen LogP contribution in [0.3, 0.4) is 0 Å². The normalized spacial score (nSPS) is 19.7. The van der Waals surface area contributed by atoms with Crippen LogP contribution in [0.2, 0.25) is 0 Å². The molecule has 2 N–H and O–H groups in total. The topological polar surface area (TPSA) is 68.4 Å². The number of H-pyrrole nitrogens is 1. The van der Waals surface area contributed by atoms with Gasteiger partial charge in [-0.2, -0.15) is 0 Å². The second-order valence-electron chi connectivity index (χ2n) is 8.54. The van der Waals surface area contributed by atoms with Crippen molar-refractivity contribution in [2.24, 2.45) is 0 Å². The van der Waals surface area contributed by atoms with E-state index < -0.39 is 6.04 Å². The molecule has 1 aromatic heterocycles. The van der Waals surface area contributed by atoms with E-state index in [0.717, 1.165) is 42.3 Å². The van der Waals surface area contributed by atoms with Gasteiger partial charge in [0.2, 0.25) is 5.91 Å². The minimum atomic E-state index is -0.583. The fourth-order valence-corrected chi connectivity index (χ4v) is 5.37. The summed E-state index contributed by atoms with van der Waals surface area (Å²) in [4.78, 5) is 33.3. The number of carbonyl (C=O) groups excluding carboxylic acids is 2. The van der Waals surface area contributed by atoms with Gasteiger partial charge in [0.25, 0.3) is 5.91 Å². The highest BCUT2D eigenvalue weighted by molar-refractivity contribution is 7.80. The molecule has 1 saturated carbocycles. The first-order valence-electron chi connectivity index (χ1n) is 11.2. The van der Waals surface area contributed by atoms with Crippen LogP contribution >= 0.6 is 12.2 Å². The highest BCUT2D eigenvalue weighted by Crippen LogP contribution is 2.33. The Bertz CT molecular complexity index is 1150. The largest absolute Gasteiger partial charge is 0.361 e. The van der Waals surface area contributed by atoms with Gasteiger partial charge in [0.15, 0.2) is 5.11 Å². The SMILES string of the molecule is O=C(CC1C(=O)N(c2ccccc2)C(=S)N1C1CCCCC1)Nc1ccc2cc[nH]c2c1. The van der Waals surface area contributed by atoms with Crippen molar-refractivity contribution in [1.82, 2.24) is 9.88 Å². The quantitative estimate of drug-likeness (QED) is 0.551. The summed E-state index contributed by atoms with van der Waals surface area (Å²) in [6, 6.07) is 16.8. The zero-order chi connectivity index (χ0) is 22.1. The van der Waals surface area contributed by atoms with E-state index in [-0.39, 0.29) is 24.3 Å². The second kappa shape index (κ2) is 8.74. The minimum absolute atomic E-state index is 0.0710. The number of thiocarbonyl (C=S) groups is 1. The number of para-hydroxylation sites is 1. The first-order valence-corrected chi connectivity index (χ1v) is 11.6. The first kappa shape index (κ1) is 20.7. The fourth-order valence-electron chi connectivity index (χ4n) is 4.89. The lowest BCUT2D eigenvalue weighted by molar-refractivity contribution is -0.125. The van der Waals surface area contributed by atoms with Crippen LogP contribution in [0.25, 0.3) is 10.9 Å².